The number of H-pyrrole nitrogens is 1. The Morgan fingerprint density at radius 1 is 1.28 bits per heavy atom. The van der Waals surface area contributed by atoms with Gasteiger partial charge in [-0.25, -0.2) is 13.1 Å². The smallest absolute Gasteiger partial charge is 0.241 e. The van der Waals surface area contributed by atoms with Crippen LogP contribution in [0.5, 0.6) is 0 Å². The Morgan fingerprint density at radius 2 is 2.03 bits per heavy atom. The quantitative estimate of drug-likeness (QED) is 0.190. The van der Waals surface area contributed by atoms with Gasteiger partial charge in [-0.1, -0.05) is 0 Å². The van der Waals surface area contributed by atoms with Gasteiger partial charge in [0.05, 0.1) is 21.5 Å². The molecule has 0 saturated carbocycles. The molecule has 2 aromatic rings. The van der Waals surface area contributed by atoms with E-state index in [9.17, 15) is 13.5 Å². The topological polar surface area (TPSA) is 200 Å². The van der Waals surface area contributed by atoms with Crippen molar-refractivity contribution in [2.75, 3.05) is 57.3 Å². The zero-order valence-corrected chi connectivity index (χ0v) is 19.1. The van der Waals surface area contributed by atoms with Gasteiger partial charge in [0.25, 0.3) is 0 Å². The standard InChI is InChI=1S/C17H29N9O4S2/c18-10-12(28)11-20-32(29,30)14-3-2-13(15(16(14)31-19)17-21-23-24-22-17)26-7-5-25(6-8-26)4-1-9-27/h2-3,12,20,27-28H,1,4-11,18-19H2,(H,21,22,23,24). The summed E-state index contributed by atoms with van der Waals surface area (Å²) in [5.74, 6) is 0.231. The van der Waals surface area contributed by atoms with Crippen LogP contribution < -0.4 is 20.5 Å². The second-order valence-electron chi connectivity index (χ2n) is 7.29. The lowest BCUT2D eigenvalue weighted by atomic mass is 10.1. The first-order valence-corrected chi connectivity index (χ1v) is 12.5. The van der Waals surface area contributed by atoms with Crippen molar-refractivity contribution in [1.82, 2.24) is 30.2 Å². The Kier molecular flexibility index (Phi) is 8.78. The highest BCUT2D eigenvalue weighted by Gasteiger charge is 2.29. The van der Waals surface area contributed by atoms with Gasteiger partial charge in [-0.2, -0.15) is 5.21 Å². The third-order valence-electron chi connectivity index (χ3n) is 5.20. The van der Waals surface area contributed by atoms with Crippen molar-refractivity contribution in [3.8, 4) is 11.4 Å². The van der Waals surface area contributed by atoms with Crippen molar-refractivity contribution in [2.45, 2.75) is 22.3 Å². The number of hydrogen-bond acceptors (Lipinski definition) is 12. The largest absolute Gasteiger partial charge is 0.396 e. The molecule has 15 heteroatoms. The molecule has 2 heterocycles. The summed E-state index contributed by atoms with van der Waals surface area (Å²) in [5, 5.41) is 38.8. The fourth-order valence-electron chi connectivity index (χ4n) is 3.50. The third-order valence-corrected chi connectivity index (χ3v) is 7.46. The zero-order chi connectivity index (χ0) is 23.1. The summed E-state index contributed by atoms with van der Waals surface area (Å²) in [5.41, 5.74) is 6.59. The zero-order valence-electron chi connectivity index (χ0n) is 17.5. The molecule has 1 aromatic carbocycles. The van der Waals surface area contributed by atoms with Gasteiger partial charge in [-0.3, -0.25) is 10.0 Å². The third kappa shape index (κ3) is 5.74. The Labute approximate surface area is 190 Å². The van der Waals surface area contributed by atoms with Crippen LogP contribution in [-0.2, 0) is 10.0 Å². The van der Waals surface area contributed by atoms with Crippen LogP contribution in [0.3, 0.4) is 0 Å². The molecule has 3 rings (SSSR count). The minimum atomic E-state index is -3.99. The number of nitrogens with zero attached hydrogens (tertiary/aromatic N) is 5. The van der Waals surface area contributed by atoms with Crippen molar-refractivity contribution in [3.63, 3.8) is 0 Å². The summed E-state index contributed by atoms with van der Waals surface area (Å²) in [6.07, 6.45) is -0.280. The minimum absolute atomic E-state index is 0.0423. The molecule has 178 valence electrons. The molecule has 0 amide bonds. The fourth-order valence-corrected chi connectivity index (χ4v) is 5.63. The molecule has 1 aliphatic heterocycles. The number of benzene rings is 1. The van der Waals surface area contributed by atoms with Crippen molar-refractivity contribution < 1.29 is 18.6 Å². The van der Waals surface area contributed by atoms with Crippen molar-refractivity contribution >= 4 is 27.7 Å². The molecular weight excluding hydrogens is 458 g/mol. The average Bonchev–Trinajstić information content (AvgIpc) is 3.35. The van der Waals surface area contributed by atoms with Gasteiger partial charge in [-0.05, 0) is 35.7 Å². The average molecular weight is 488 g/mol. The molecular formula is C17H29N9O4S2. The summed E-state index contributed by atoms with van der Waals surface area (Å²) >= 11 is 0.784. The molecule has 32 heavy (non-hydrogen) atoms. The molecule has 1 unspecified atom stereocenters. The van der Waals surface area contributed by atoms with E-state index >= 15 is 0 Å². The molecule has 1 aliphatic rings. The lowest BCUT2D eigenvalue weighted by Gasteiger charge is -2.37. The second kappa shape index (κ2) is 11.3. The summed E-state index contributed by atoms with van der Waals surface area (Å²) in [6, 6.07) is 3.20. The molecule has 0 aliphatic carbocycles. The predicted molar refractivity (Wildman–Crippen MR) is 120 cm³/mol. The Hall–Kier alpha value is -1.85. The highest BCUT2D eigenvalue weighted by molar-refractivity contribution is 7.98. The molecule has 8 N–H and O–H groups in total. The van der Waals surface area contributed by atoms with E-state index in [4.69, 9.17) is 16.0 Å². The first-order valence-electron chi connectivity index (χ1n) is 10.1. The SMILES string of the molecule is NCC(O)CNS(=O)(=O)c1ccc(N2CCN(CCCO)CC2)c(-c2nn[nH]n2)c1SN. The van der Waals surface area contributed by atoms with Crippen LogP contribution in [0.2, 0.25) is 0 Å². The number of aliphatic hydroxyl groups is 2. The van der Waals surface area contributed by atoms with E-state index in [1.807, 2.05) is 0 Å². The number of aliphatic hydroxyl groups excluding tert-OH is 2. The van der Waals surface area contributed by atoms with Gasteiger partial charge in [0.2, 0.25) is 15.8 Å². The van der Waals surface area contributed by atoms with Crippen molar-refractivity contribution in [1.29, 1.82) is 0 Å². The van der Waals surface area contributed by atoms with E-state index in [0.717, 1.165) is 43.7 Å². The van der Waals surface area contributed by atoms with Crippen molar-refractivity contribution in [2.24, 2.45) is 10.9 Å². The van der Waals surface area contributed by atoms with Gasteiger partial charge < -0.3 is 20.8 Å². The first kappa shape index (κ1) is 24.8. The van der Waals surface area contributed by atoms with Gasteiger partial charge in [0.1, 0.15) is 0 Å². The lowest BCUT2D eigenvalue weighted by Crippen LogP contribution is -2.47. The molecule has 1 atom stereocenters. The van der Waals surface area contributed by atoms with Crippen LogP contribution in [0.25, 0.3) is 11.4 Å². The Bertz CT molecular complexity index is 967. The second-order valence-corrected chi connectivity index (χ2v) is 9.67. The van der Waals surface area contributed by atoms with Gasteiger partial charge in [0, 0.05) is 58.1 Å². The van der Waals surface area contributed by atoms with Gasteiger partial charge >= 0.3 is 0 Å². The number of sulfonamides is 1. The predicted octanol–water partition coefficient (Wildman–Crippen LogP) is -2.07. The van der Waals surface area contributed by atoms with E-state index in [1.165, 1.54) is 6.07 Å². The van der Waals surface area contributed by atoms with Crippen LogP contribution in [0, 0.1) is 0 Å². The number of tetrazole rings is 1. The minimum Gasteiger partial charge on any atom is -0.396 e. The Morgan fingerprint density at radius 3 is 2.62 bits per heavy atom. The van der Waals surface area contributed by atoms with Gasteiger partial charge in [-0.15, -0.1) is 10.2 Å². The fraction of sp³-hybridized carbons (Fsp3) is 0.588. The molecule has 13 nitrogen and oxygen atoms in total. The molecule has 1 fully saturated rings. The van der Waals surface area contributed by atoms with E-state index < -0.39 is 16.1 Å². The number of nitrogens with one attached hydrogen (secondary N) is 2. The highest BCUT2D eigenvalue weighted by Crippen LogP contribution is 2.40. The van der Waals surface area contributed by atoms with E-state index in [0.29, 0.717) is 18.7 Å². The summed E-state index contributed by atoms with van der Waals surface area (Å²) in [7, 11) is -3.99. The number of rotatable bonds is 11. The number of aromatic amines is 1. The number of hydrogen-bond donors (Lipinski definition) is 6. The van der Waals surface area contributed by atoms with Crippen LogP contribution in [0.4, 0.5) is 5.69 Å². The number of nitrogens with two attached hydrogens (primary N) is 2. The number of aromatic nitrogens is 4. The molecule has 0 spiro atoms. The van der Waals surface area contributed by atoms with E-state index in [1.54, 1.807) is 6.07 Å². The van der Waals surface area contributed by atoms with Crippen LogP contribution in [0.15, 0.2) is 21.9 Å². The Balaban J connectivity index is 1.96. The van der Waals surface area contributed by atoms with E-state index in [2.05, 4.69) is 35.1 Å². The van der Waals surface area contributed by atoms with Crippen LogP contribution in [0.1, 0.15) is 6.42 Å². The number of anilines is 1. The normalized spacial score (nSPS) is 16.4. The molecule has 0 radical (unpaired) electrons. The molecule has 1 aromatic heterocycles. The summed E-state index contributed by atoms with van der Waals surface area (Å²) < 4.78 is 28.3. The van der Waals surface area contributed by atoms with Crippen molar-refractivity contribution in [3.05, 3.63) is 12.1 Å². The maximum absolute atomic E-state index is 12.9. The number of piperazine rings is 1. The lowest BCUT2D eigenvalue weighted by molar-refractivity contribution is 0.186. The van der Waals surface area contributed by atoms with Gasteiger partial charge in [0.15, 0.2) is 0 Å². The molecule has 0 bridgehead atoms. The summed E-state index contributed by atoms with van der Waals surface area (Å²) in [6.45, 7) is 3.71. The highest BCUT2D eigenvalue weighted by atomic mass is 32.2. The van der Waals surface area contributed by atoms with E-state index in [-0.39, 0.29) is 35.3 Å². The maximum Gasteiger partial charge on any atom is 0.241 e. The maximum atomic E-state index is 12.9. The summed E-state index contributed by atoms with van der Waals surface area (Å²) in [4.78, 5) is 4.63. The monoisotopic (exact) mass is 487 g/mol. The molecule has 1 saturated heterocycles. The first-order chi connectivity index (χ1) is 15.4. The van der Waals surface area contributed by atoms with Crippen LogP contribution >= 0.6 is 11.9 Å². The van der Waals surface area contributed by atoms with Crippen LogP contribution in [-0.4, -0.2) is 103 Å².